The summed E-state index contributed by atoms with van der Waals surface area (Å²) in [6.07, 6.45) is 1.68. The lowest BCUT2D eigenvalue weighted by Gasteiger charge is -2.06. The average molecular weight is 421 g/mol. The van der Waals surface area contributed by atoms with Gasteiger partial charge >= 0.3 is 0 Å². The van der Waals surface area contributed by atoms with Crippen LogP contribution in [0, 0.1) is 12.7 Å². The Kier molecular flexibility index (Phi) is 5.26. The Morgan fingerprint density at radius 2 is 1.67 bits per heavy atom. The summed E-state index contributed by atoms with van der Waals surface area (Å²) in [7, 11) is -3.30. The summed E-state index contributed by atoms with van der Waals surface area (Å²) >= 11 is 0. The van der Waals surface area contributed by atoms with E-state index in [0.29, 0.717) is 23.8 Å². The molecule has 1 aromatic heterocycles. The summed E-state index contributed by atoms with van der Waals surface area (Å²) in [6.45, 7) is 1.81. The minimum Gasteiger partial charge on any atom is -0.440 e. The van der Waals surface area contributed by atoms with Crippen LogP contribution in [0.3, 0.4) is 0 Å². The van der Waals surface area contributed by atoms with E-state index in [1.165, 1.54) is 18.4 Å². The number of hydrogen-bond donors (Lipinski definition) is 0. The largest absolute Gasteiger partial charge is 0.440 e. The zero-order valence-corrected chi connectivity index (χ0v) is 17.4. The molecular formula is C24H20FNO3S. The van der Waals surface area contributed by atoms with Crippen molar-refractivity contribution in [2.75, 3.05) is 6.26 Å². The summed E-state index contributed by atoms with van der Waals surface area (Å²) in [6, 6.07) is 20.9. The van der Waals surface area contributed by atoms with Crippen LogP contribution in [-0.4, -0.2) is 19.7 Å². The van der Waals surface area contributed by atoms with Crippen molar-refractivity contribution in [3.8, 4) is 22.6 Å². The smallest absolute Gasteiger partial charge is 0.199 e. The van der Waals surface area contributed by atoms with Crippen LogP contribution in [-0.2, 0) is 16.3 Å². The van der Waals surface area contributed by atoms with Crippen molar-refractivity contribution in [1.82, 2.24) is 4.98 Å². The van der Waals surface area contributed by atoms with Crippen molar-refractivity contribution >= 4 is 9.84 Å². The molecule has 0 N–H and O–H groups in total. The van der Waals surface area contributed by atoms with Gasteiger partial charge < -0.3 is 4.42 Å². The fourth-order valence-electron chi connectivity index (χ4n) is 3.33. The molecule has 4 nitrogen and oxygen atoms in total. The van der Waals surface area contributed by atoms with Gasteiger partial charge in [-0.3, -0.25) is 0 Å². The number of sulfone groups is 1. The SMILES string of the molecule is Cc1cc(F)ccc1-c1oc(Cc2ccccc2)nc1-c1ccc(S(C)(=O)=O)cc1. The maximum Gasteiger partial charge on any atom is 0.199 e. The quantitative estimate of drug-likeness (QED) is 0.430. The van der Waals surface area contributed by atoms with Gasteiger partial charge in [-0.2, -0.15) is 0 Å². The molecule has 1 heterocycles. The highest BCUT2D eigenvalue weighted by atomic mass is 32.2. The molecule has 0 saturated carbocycles. The van der Waals surface area contributed by atoms with Crippen LogP contribution in [0.2, 0.25) is 0 Å². The topological polar surface area (TPSA) is 60.2 Å². The maximum absolute atomic E-state index is 13.6. The fourth-order valence-corrected chi connectivity index (χ4v) is 3.96. The van der Waals surface area contributed by atoms with Crippen LogP contribution in [0.15, 0.2) is 82.1 Å². The average Bonchev–Trinajstić information content (AvgIpc) is 3.11. The number of halogens is 1. The molecular weight excluding hydrogens is 401 g/mol. The number of benzene rings is 3. The zero-order chi connectivity index (χ0) is 21.3. The van der Waals surface area contributed by atoms with Gasteiger partial charge in [0, 0.05) is 23.8 Å². The minimum atomic E-state index is -3.30. The van der Waals surface area contributed by atoms with Gasteiger partial charge in [0.25, 0.3) is 0 Å². The van der Waals surface area contributed by atoms with E-state index in [4.69, 9.17) is 9.40 Å². The van der Waals surface area contributed by atoms with E-state index in [1.54, 1.807) is 30.3 Å². The molecule has 152 valence electrons. The van der Waals surface area contributed by atoms with E-state index >= 15 is 0 Å². The monoisotopic (exact) mass is 421 g/mol. The Hall–Kier alpha value is -3.25. The number of aryl methyl sites for hydroxylation is 1. The molecule has 0 aliphatic heterocycles. The van der Waals surface area contributed by atoms with E-state index in [0.717, 1.165) is 22.3 Å². The molecule has 3 aromatic carbocycles. The third kappa shape index (κ3) is 4.19. The zero-order valence-electron chi connectivity index (χ0n) is 16.6. The lowest BCUT2D eigenvalue weighted by Crippen LogP contribution is -1.96. The van der Waals surface area contributed by atoms with Crippen LogP contribution >= 0.6 is 0 Å². The number of rotatable bonds is 5. The Morgan fingerprint density at radius 1 is 0.967 bits per heavy atom. The third-order valence-electron chi connectivity index (χ3n) is 4.86. The summed E-state index contributed by atoms with van der Waals surface area (Å²) in [5, 5.41) is 0. The van der Waals surface area contributed by atoms with Crippen LogP contribution in [0.5, 0.6) is 0 Å². The van der Waals surface area contributed by atoms with Crippen LogP contribution in [0.25, 0.3) is 22.6 Å². The van der Waals surface area contributed by atoms with E-state index in [1.807, 2.05) is 37.3 Å². The number of nitrogens with zero attached hydrogens (tertiary/aromatic N) is 1. The van der Waals surface area contributed by atoms with E-state index in [-0.39, 0.29) is 10.7 Å². The van der Waals surface area contributed by atoms with Crippen molar-refractivity contribution in [3.05, 3.63) is 95.6 Å². The molecule has 6 heteroatoms. The highest BCUT2D eigenvalue weighted by molar-refractivity contribution is 7.90. The lowest BCUT2D eigenvalue weighted by molar-refractivity contribution is 0.519. The first-order valence-corrected chi connectivity index (χ1v) is 11.3. The molecule has 0 aliphatic carbocycles. The van der Waals surface area contributed by atoms with Gasteiger partial charge in [0.1, 0.15) is 11.5 Å². The molecule has 0 atom stereocenters. The summed E-state index contributed by atoms with van der Waals surface area (Å²) in [5.74, 6) is 0.743. The summed E-state index contributed by atoms with van der Waals surface area (Å²) in [4.78, 5) is 4.93. The van der Waals surface area contributed by atoms with Gasteiger partial charge in [0.15, 0.2) is 21.5 Å². The second-order valence-corrected chi connectivity index (χ2v) is 9.22. The van der Waals surface area contributed by atoms with Gasteiger partial charge in [-0.25, -0.2) is 17.8 Å². The first-order valence-electron chi connectivity index (χ1n) is 9.42. The first kappa shape index (κ1) is 20.0. The van der Waals surface area contributed by atoms with Crippen molar-refractivity contribution in [1.29, 1.82) is 0 Å². The highest BCUT2D eigenvalue weighted by Gasteiger charge is 2.19. The molecule has 0 unspecified atom stereocenters. The Balaban J connectivity index is 1.83. The second kappa shape index (κ2) is 7.88. The molecule has 30 heavy (non-hydrogen) atoms. The molecule has 0 amide bonds. The van der Waals surface area contributed by atoms with Gasteiger partial charge in [0.05, 0.1) is 4.90 Å². The normalized spacial score (nSPS) is 11.6. The summed E-state index contributed by atoms with van der Waals surface area (Å²) in [5.41, 5.74) is 3.84. The molecule has 0 saturated heterocycles. The van der Waals surface area contributed by atoms with E-state index in [9.17, 15) is 12.8 Å². The molecule has 0 aliphatic rings. The van der Waals surface area contributed by atoms with Gasteiger partial charge in [0.2, 0.25) is 0 Å². The Labute approximate surface area is 175 Å². The minimum absolute atomic E-state index is 0.235. The summed E-state index contributed by atoms with van der Waals surface area (Å²) < 4.78 is 43.3. The predicted molar refractivity (Wildman–Crippen MR) is 114 cm³/mol. The van der Waals surface area contributed by atoms with Crippen molar-refractivity contribution < 1.29 is 17.2 Å². The van der Waals surface area contributed by atoms with Crippen molar-refractivity contribution in [3.63, 3.8) is 0 Å². The molecule has 0 radical (unpaired) electrons. The number of oxazole rings is 1. The number of aromatic nitrogens is 1. The molecule has 0 spiro atoms. The number of hydrogen-bond acceptors (Lipinski definition) is 4. The Morgan fingerprint density at radius 3 is 2.30 bits per heavy atom. The molecule has 0 fully saturated rings. The Bertz CT molecular complexity index is 1290. The third-order valence-corrected chi connectivity index (χ3v) is 5.99. The maximum atomic E-state index is 13.6. The predicted octanol–water partition coefficient (Wildman–Crippen LogP) is 5.45. The fraction of sp³-hybridized carbons (Fsp3) is 0.125. The lowest BCUT2D eigenvalue weighted by atomic mass is 10.0. The van der Waals surface area contributed by atoms with Gasteiger partial charge in [-0.1, -0.05) is 42.5 Å². The molecule has 4 rings (SSSR count). The molecule has 4 aromatic rings. The second-order valence-electron chi connectivity index (χ2n) is 7.20. The molecule has 0 bridgehead atoms. The standard InChI is InChI=1S/C24H20FNO3S/c1-16-14-19(25)10-13-21(16)24-23(18-8-11-20(12-9-18)30(2,27)28)26-22(29-24)15-17-6-4-3-5-7-17/h3-14H,15H2,1-2H3. The van der Waals surface area contributed by atoms with Crippen LogP contribution < -0.4 is 0 Å². The van der Waals surface area contributed by atoms with E-state index < -0.39 is 9.84 Å². The van der Waals surface area contributed by atoms with Crippen LogP contribution in [0.4, 0.5) is 4.39 Å². The van der Waals surface area contributed by atoms with Gasteiger partial charge in [-0.05, 0) is 48.4 Å². The van der Waals surface area contributed by atoms with Crippen molar-refractivity contribution in [2.24, 2.45) is 0 Å². The van der Waals surface area contributed by atoms with Crippen LogP contribution in [0.1, 0.15) is 17.0 Å². The highest BCUT2D eigenvalue weighted by Crippen LogP contribution is 2.35. The van der Waals surface area contributed by atoms with Gasteiger partial charge in [-0.15, -0.1) is 0 Å². The van der Waals surface area contributed by atoms with E-state index in [2.05, 4.69) is 0 Å². The first-order chi connectivity index (χ1) is 14.3. The van der Waals surface area contributed by atoms with Crippen molar-refractivity contribution in [2.45, 2.75) is 18.2 Å².